The Morgan fingerprint density at radius 2 is 1.92 bits per heavy atom. The highest BCUT2D eigenvalue weighted by molar-refractivity contribution is 5.82. The van der Waals surface area contributed by atoms with Crippen molar-refractivity contribution in [2.75, 3.05) is 0 Å². The van der Waals surface area contributed by atoms with E-state index in [1.165, 1.54) is 10.9 Å². The van der Waals surface area contributed by atoms with Gasteiger partial charge in [0.1, 0.15) is 17.9 Å². The van der Waals surface area contributed by atoms with Gasteiger partial charge in [-0.3, -0.25) is 14.3 Å². The largest absolute Gasteiger partial charge is 0.459 e. The van der Waals surface area contributed by atoms with Crippen LogP contribution >= 0.6 is 0 Å². The summed E-state index contributed by atoms with van der Waals surface area (Å²) in [7, 11) is 0. The molecule has 0 saturated heterocycles. The summed E-state index contributed by atoms with van der Waals surface area (Å²) < 4.78 is 7.19. The van der Waals surface area contributed by atoms with Gasteiger partial charge in [-0.05, 0) is 24.3 Å². The molecule has 2 heterocycles. The number of rotatable bonds is 4. The molecule has 0 unspecified atom stereocenters. The van der Waals surface area contributed by atoms with E-state index in [1.54, 1.807) is 18.2 Å². The molecule has 0 aliphatic carbocycles. The summed E-state index contributed by atoms with van der Waals surface area (Å²) >= 11 is 0. The molecule has 0 saturated carbocycles. The fraction of sp³-hybridized carbons (Fsp3) is 0.105. The van der Waals surface area contributed by atoms with E-state index in [0.717, 1.165) is 11.0 Å². The quantitative estimate of drug-likeness (QED) is 0.622. The lowest BCUT2D eigenvalue weighted by Gasteiger charge is -2.09. The Morgan fingerprint density at radius 3 is 2.80 bits per heavy atom. The molecule has 6 heteroatoms. The van der Waals surface area contributed by atoms with Crippen molar-refractivity contribution in [2.45, 2.75) is 13.1 Å². The Morgan fingerprint density at radius 1 is 1.12 bits per heavy atom. The van der Waals surface area contributed by atoms with Crippen LogP contribution in [0.5, 0.6) is 0 Å². The Balaban J connectivity index is 1.49. The van der Waals surface area contributed by atoms with Crippen LogP contribution in [-0.4, -0.2) is 15.7 Å². The predicted molar refractivity (Wildman–Crippen MR) is 94.1 cm³/mol. The first-order chi connectivity index (χ1) is 12.2. The molecule has 0 bridgehead atoms. The Kier molecular flexibility index (Phi) is 3.78. The number of hydrogen-bond acceptors (Lipinski definition) is 4. The molecule has 1 amide bonds. The van der Waals surface area contributed by atoms with Gasteiger partial charge in [0.2, 0.25) is 11.3 Å². The summed E-state index contributed by atoms with van der Waals surface area (Å²) in [5.74, 6) is 0.481. The van der Waals surface area contributed by atoms with Crippen LogP contribution < -0.4 is 10.7 Å². The van der Waals surface area contributed by atoms with Gasteiger partial charge in [-0.2, -0.15) is 5.10 Å². The van der Waals surface area contributed by atoms with Crippen molar-refractivity contribution in [1.82, 2.24) is 15.1 Å². The molecule has 0 spiro atoms. The van der Waals surface area contributed by atoms with Gasteiger partial charge in [0.25, 0.3) is 0 Å². The van der Waals surface area contributed by atoms with E-state index >= 15 is 0 Å². The van der Waals surface area contributed by atoms with Crippen molar-refractivity contribution >= 4 is 27.8 Å². The predicted octanol–water partition coefficient (Wildman–Crippen LogP) is 2.46. The maximum atomic E-state index is 12.2. The molecule has 0 fully saturated rings. The zero-order valence-electron chi connectivity index (χ0n) is 13.3. The summed E-state index contributed by atoms with van der Waals surface area (Å²) in [6, 6.07) is 16.7. The van der Waals surface area contributed by atoms with Gasteiger partial charge in [-0.15, -0.1) is 0 Å². The smallest absolute Gasteiger partial charge is 0.242 e. The minimum absolute atomic E-state index is 0.0288. The third-order valence-electron chi connectivity index (χ3n) is 3.99. The average molecular weight is 333 g/mol. The van der Waals surface area contributed by atoms with Crippen LogP contribution in [0.15, 0.2) is 70.0 Å². The number of carbonyl (C=O) groups excluding carboxylic acids is 1. The summed E-state index contributed by atoms with van der Waals surface area (Å²) in [6.07, 6.45) is 1.23. The minimum Gasteiger partial charge on any atom is -0.459 e. The summed E-state index contributed by atoms with van der Waals surface area (Å²) in [4.78, 5) is 24.1. The molecule has 2 aromatic heterocycles. The Labute approximate surface area is 142 Å². The fourth-order valence-corrected chi connectivity index (χ4v) is 2.79. The molecule has 0 aliphatic heterocycles. The van der Waals surface area contributed by atoms with E-state index in [1.807, 2.05) is 36.4 Å². The monoisotopic (exact) mass is 333 g/mol. The van der Waals surface area contributed by atoms with E-state index in [4.69, 9.17) is 4.42 Å². The molecule has 124 valence electrons. The van der Waals surface area contributed by atoms with E-state index in [-0.39, 0.29) is 17.9 Å². The maximum Gasteiger partial charge on any atom is 0.242 e. The molecule has 6 nitrogen and oxygen atoms in total. The molecule has 0 radical (unpaired) electrons. The Hall–Kier alpha value is -3.41. The number of furan rings is 1. The van der Waals surface area contributed by atoms with E-state index in [0.29, 0.717) is 23.2 Å². The van der Waals surface area contributed by atoms with E-state index in [9.17, 15) is 9.59 Å². The molecular weight excluding hydrogens is 318 g/mol. The zero-order valence-corrected chi connectivity index (χ0v) is 13.3. The molecule has 25 heavy (non-hydrogen) atoms. The van der Waals surface area contributed by atoms with Gasteiger partial charge in [0.05, 0.1) is 18.3 Å². The van der Waals surface area contributed by atoms with Crippen molar-refractivity contribution in [3.63, 3.8) is 0 Å². The van der Waals surface area contributed by atoms with Gasteiger partial charge in [0.15, 0.2) is 0 Å². The van der Waals surface area contributed by atoms with Crippen LogP contribution in [0.2, 0.25) is 0 Å². The second-order valence-electron chi connectivity index (χ2n) is 5.71. The van der Waals surface area contributed by atoms with E-state index < -0.39 is 0 Å². The van der Waals surface area contributed by atoms with E-state index in [2.05, 4.69) is 10.4 Å². The van der Waals surface area contributed by atoms with Crippen LogP contribution in [0.4, 0.5) is 0 Å². The zero-order chi connectivity index (χ0) is 17.2. The second-order valence-corrected chi connectivity index (χ2v) is 5.71. The molecule has 4 rings (SSSR count). The summed E-state index contributed by atoms with van der Waals surface area (Å²) in [5.41, 5.74) is 1.27. The fourth-order valence-electron chi connectivity index (χ4n) is 2.79. The number of nitrogens with zero attached hydrogens (tertiary/aromatic N) is 2. The molecular formula is C19H15N3O3. The highest BCUT2D eigenvalue weighted by atomic mass is 16.3. The third-order valence-corrected chi connectivity index (χ3v) is 3.99. The van der Waals surface area contributed by atoms with Crippen molar-refractivity contribution < 1.29 is 9.21 Å². The van der Waals surface area contributed by atoms with Gasteiger partial charge in [-0.1, -0.05) is 30.3 Å². The standard InChI is InChI=1S/C19H15N3O3/c23-17-11-21-22(16-7-3-2-6-15(16)17)12-19(24)20-10-14-9-13-5-1-4-8-18(13)25-14/h1-9,11H,10,12H2,(H,20,24). The van der Waals surface area contributed by atoms with Gasteiger partial charge >= 0.3 is 0 Å². The first-order valence-corrected chi connectivity index (χ1v) is 7.90. The first-order valence-electron chi connectivity index (χ1n) is 7.90. The minimum atomic E-state index is -0.207. The maximum absolute atomic E-state index is 12.2. The molecule has 2 aromatic carbocycles. The highest BCUT2D eigenvalue weighted by Gasteiger charge is 2.09. The lowest BCUT2D eigenvalue weighted by Crippen LogP contribution is -2.28. The molecule has 0 atom stereocenters. The van der Waals surface area contributed by atoms with Crippen LogP contribution in [0.1, 0.15) is 5.76 Å². The molecule has 1 N–H and O–H groups in total. The van der Waals surface area contributed by atoms with Crippen LogP contribution in [0.25, 0.3) is 21.9 Å². The highest BCUT2D eigenvalue weighted by Crippen LogP contribution is 2.18. The molecule has 4 aromatic rings. The number of amides is 1. The summed E-state index contributed by atoms with van der Waals surface area (Å²) in [5, 5.41) is 8.42. The average Bonchev–Trinajstić information content (AvgIpc) is 3.06. The number of aromatic nitrogens is 2. The number of fused-ring (bicyclic) bond motifs is 2. The van der Waals surface area contributed by atoms with Crippen LogP contribution in [-0.2, 0) is 17.9 Å². The van der Waals surface area contributed by atoms with Gasteiger partial charge < -0.3 is 9.73 Å². The topological polar surface area (TPSA) is 77.1 Å². The van der Waals surface area contributed by atoms with Crippen molar-refractivity contribution in [2.24, 2.45) is 0 Å². The normalized spacial score (nSPS) is 11.0. The van der Waals surface area contributed by atoms with Crippen LogP contribution in [0.3, 0.4) is 0 Å². The summed E-state index contributed by atoms with van der Waals surface area (Å²) in [6.45, 7) is 0.326. The van der Waals surface area contributed by atoms with Gasteiger partial charge in [-0.25, -0.2) is 0 Å². The van der Waals surface area contributed by atoms with Crippen LogP contribution in [0, 0.1) is 0 Å². The lowest BCUT2D eigenvalue weighted by atomic mass is 10.2. The number of benzene rings is 2. The SMILES string of the molecule is O=C(Cn1ncc(=O)c2ccccc21)NCc1cc2ccccc2o1. The van der Waals surface area contributed by atoms with Crippen molar-refractivity contribution in [3.05, 3.63) is 76.8 Å². The number of carbonyl (C=O) groups is 1. The molecule has 0 aliphatic rings. The Bertz CT molecular complexity index is 1090. The van der Waals surface area contributed by atoms with Crippen molar-refractivity contribution in [1.29, 1.82) is 0 Å². The number of nitrogens with one attached hydrogen (secondary N) is 1. The lowest BCUT2D eigenvalue weighted by molar-refractivity contribution is -0.122. The number of hydrogen-bond donors (Lipinski definition) is 1. The third kappa shape index (κ3) is 3.01. The first kappa shape index (κ1) is 15.1. The van der Waals surface area contributed by atoms with Gasteiger partial charge in [0, 0.05) is 10.8 Å². The number of para-hydroxylation sites is 2. The van der Waals surface area contributed by atoms with Crippen molar-refractivity contribution in [3.8, 4) is 0 Å². The second kappa shape index (κ2) is 6.24.